The van der Waals surface area contributed by atoms with Crippen molar-refractivity contribution in [3.8, 4) is 0 Å². The molecule has 2 heterocycles. The summed E-state index contributed by atoms with van der Waals surface area (Å²) in [5, 5.41) is 21.5. The van der Waals surface area contributed by atoms with Gasteiger partial charge in [0, 0.05) is 10.9 Å². The van der Waals surface area contributed by atoms with Gasteiger partial charge >= 0.3 is 35.7 Å². The van der Waals surface area contributed by atoms with Crippen LogP contribution in [0.1, 0.15) is 15.9 Å². The Kier molecular flexibility index (Phi) is 3.91. The predicted molar refractivity (Wildman–Crippen MR) is 57.6 cm³/mol. The maximum absolute atomic E-state index is 12.7. The first kappa shape index (κ1) is 15.7. The minimum absolute atomic E-state index is 0. The fourth-order valence-corrected chi connectivity index (χ4v) is 1.91. The summed E-state index contributed by atoms with van der Waals surface area (Å²) in [6.45, 7) is 0. The molecule has 0 saturated heterocycles. The SMILES string of the molecule is O=C([O-])c1cc2ccc(C(F)(F)F)cc2n2nnnc12.[Na+]. The Morgan fingerprint density at radius 2 is 1.95 bits per heavy atom. The van der Waals surface area contributed by atoms with Crippen LogP contribution in [0.15, 0.2) is 24.3 Å². The van der Waals surface area contributed by atoms with Crippen LogP contribution in [0.2, 0.25) is 0 Å². The van der Waals surface area contributed by atoms with E-state index in [2.05, 4.69) is 15.5 Å². The number of tetrazole rings is 1. The predicted octanol–water partition coefficient (Wildman–Crippen LogP) is -2.34. The summed E-state index contributed by atoms with van der Waals surface area (Å²) in [5.41, 5.74) is -1.27. The molecular formula is C11H4F3N4NaO2. The van der Waals surface area contributed by atoms with Gasteiger partial charge in [0.05, 0.1) is 17.0 Å². The molecule has 0 saturated carbocycles. The van der Waals surface area contributed by atoms with Crippen molar-refractivity contribution in [2.45, 2.75) is 6.18 Å². The van der Waals surface area contributed by atoms with Gasteiger partial charge in [-0.25, -0.2) is 0 Å². The summed E-state index contributed by atoms with van der Waals surface area (Å²) in [4.78, 5) is 11.0. The molecule has 0 N–H and O–H groups in total. The Balaban J connectivity index is 0.00000161. The van der Waals surface area contributed by atoms with Crippen molar-refractivity contribution in [3.63, 3.8) is 0 Å². The first-order chi connectivity index (χ1) is 9.38. The van der Waals surface area contributed by atoms with E-state index in [1.54, 1.807) is 0 Å². The average Bonchev–Trinajstić information content (AvgIpc) is 2.85. The van der Waals surface area contributed by atoms with Crippen LogP contribution in [0.4, 0.5) is 13.2 Å². The van der Waals surface area contributed by atoms with E-state index in [1.807, 2.05) is 0 Å². The summed E-state index contributed by atoms with van der Waals surface area (Å²) >= 11 is 0. The standard InChI is InChI=1S/C11H5F3N4O2.Na/c12-11(13,14)6-2-1-5-3-7(10(19)20)9-15-16-17-18(9)8(5)4-6;/h1-4H,(H,19,20);/q;+1/p-1. The van der Waals surface area contributed by atoms with E-state index in [0.29, 0.717) is 0 Å². The average molecular weight is 304 g/mol. The molecule has 0 unspecified atom stereocenters. The van der Waals surface area contributed by atoms with Crippen molar-refractivity contribution < 1.29 is 52.6 Å². The van der Waals surface area contributed by atoms with E-state index in [9.17, 15) is 23.1 Å². The monoisotopic (exact) mass is 304 g/mol. The molecule has 1 aromatic carbocycles. The van der Waals surface area contributed by atoms with Crippen molar-refractivity contribution in [2.75, 3.05) is 0 Å². The number of benzene rings is 1. The number of aromatic nitrogens is 4. The van der Waals surface area contributed by atoms with E-state index < -0.39 is 17.7 Å². The maximum Gasteiger partial charge on any atom is 1.00 e. The number of alkyl halides is 3. The fourth-order valence-electron chi connectivity index (χ4n) is 1.91. The molecule has 0 radical (unpaired) electrons. The number of carboxylic acid groups (broad SMARTS) is 1. The van der Waals surface area contributed by atoms with E-state index in [1.165, 1.54) is 6.07 Å². The molecule has 0 aliphatic rings. The number of rotatable bonds is 1. The van der Waals surface area contributed by atoms with E-state index in [-0.39, 0.29) is 51.7 Å². The molecule has 0 aliphatic heterocycles. The first-order valence-corrected chi connectivity index (χ1v) is 5.31. The molecule has 0 fully saturated rings. The molecular weight excluding hydrogens is 300 g/mol. The Bertz CT molecular complexity index is 846. The largest absolute Gasteiger partial charge is 1.00 e. The van der Waals surface area contributed by atoms with Gasteiger partial charge in [0.1, 0.15) is 0 Å². The molecule has 3 aromatic rings. The van der Waals surface area contributed by atoms with Crippen molar-refractivity contribution in [3.05, 3.63) is 35.4 Å². The zero-order valence-corrected chi connectivity index (χ0v) is 12.5. The summed E-state index contributed by atoms with van der Waals surface area (Å²) < 4.78 is 39.0. The maximum atomic E-state index is 12.7. The van der Waals surface area contributed by atoms with Gasteiger partial charge < -0.3 is 9.90 Å². The topological polar surface area (TPSA) is 83.2 Å². The van der Waals surface area contributed by atoms with Gasteiger partial charge in [-0.1, -0.05) is 6.07 Å². The summed E-state index contributed by atoms with van der Waals surface area (Å²) in [5.74, 6) is -1.51. The Morgan fingerprint density at radius 1 is 1.24 bits per heavy atom. The second kappa shape index (κ2) is 5.24. The van der Waals surface area contributed by atoms with E-state index in [4.69, 9.17) is 0 Å². The summed E-state index contributed by atoms with van der Waals surface area (Å²) in [7, 11) is 0. The van der Waals surface area contributed by atoms with Crippen LogP contribution >= 0.6 is 0 Å². The van der Waals surface area contributed by atoms with Gasteiger partial charge in [-0.15, -0.1) is 5.10 Å². The molecule has 21 heavy (non-hydrogen) atoms. The minimum atomic E-state index is -4.51. The molecule has 6 nitrogen and oxygen atoms in total. The third-order valence-corrected chi connectivity index (χ3v) is 2.82. The van der Waals surface area contributed by atoms with E-state index in [0.717, 1.165) is 22.7 Å². The van der Waals surface area contributed by atoms with Gasteiger partial charge in [0.2, 0.25) is 0 Å². The number of carboxylic acids is 1. The molecule has 3 rings (SSSR count). The van der Waals surface area contributed by atoms with Gasteiger partial charge in [0.25, 0.3) is 0 Å². The molecule has 0 aliphatic carbocycles. The smallest absolute Gasteiger partial charge is 0.545 e. The molecule has 0 amide bonds. The molecule has 0 spiro atoms. The number of aromatic carboxylic acids is 1. The second-order valence-electron chi connectivity index (χ2n) is 4.03. The minimum Gasteiger partial charge on any atom is -0.545 e. The second-order valence-corrected chi connectivity index (χ2v) is 4.03. The zero-order valence-electron chi connectivity index (χ0n) is 10.5. The number of fused-ring (bicyclic) bond motifs is 3. The number of halogens is 3. The third-order valence-electron chi connectivity index (χ3n) is 2.82. The van der Waals surface area contributed by atoms with Gasteiger partial charge in [-0.2, -0.15) is 17.7 Å². The number of hydrogen-bond donors (Lipinski definition) is 0. The quantitative estimate of drug-likeness (QED) is 0.471. The van der Waals surface area contributed by atoms with Crippen LogP contribution in [0.5, 0.6) is 0 Å². The summed E-state index contributed by atoms with van der Waals surface area (Å²) in [6.07, 6.45) is -4.51. The van der Waals surface area contributed by atoms with Gasteiger partial charge in [0.15, 0.2) is 5.65 Å². The fraction of sp³-hybridized carbons (Fsp3) is 0.0909. The Hall–Kier alpha value is -1.71. The Morgan fingerprint density at radius 3 is 2.57 bits per heavy atom. The molecule has 2 aromatic heterocycles. The van der Waals surface area contributed by atoms with Crippen LogP contribution in [0, 0.1) is 0 Å². The third kappa shape index (κ3) is 2.59. The number of carbonyl (C=O) groups excluding carboxylic acids is 1. The van der Waals surface area contributed by atoms with Crippen molar-refractivity contribution in [1.29, 1.82) is 0 Å². The number of carbonyl (C=O) groups is 1. The normalized spacial score (nSPS) is 11.6. The number of pyridine rings is 1. The number of hydrogen-bond acceptors (Lipinski definition) is 5. The van der Waals surface area contributed by atoms with Gasteiger partial charge in [-0.3, -0.25) is 0 Å². The van der Waals surface area contributed by atoms with Crippen LogP contribution in [0.3, 0.4) is 0 Å². The Labute approximate surface area is 136 Å². The zero-order chi connectivity index (χ0) is 14.5. The van der Waals surface area contributed by atoms with Crippen LogP contribution in [-0.4, -0.2) is 26.0 Å². The van der Waals surface area contributed by atoms with Crippen molar-refractivity contribution in [2.24, 2.45) is 0 Å². The molecule has 0 bridgehead atoms. The van der Waals surface area contributed by atoms with E-state index >= 15 is 0 Å². The van der Waals surface area contributed by atoms with Crippen molar-refractivity contribution >= 4 is 22.5 Å². The van der Waals surface area contributed by atoms with Crippen LogP contribution in [0.25, 0.3) is 16.6 Å². The first-order valence-electron chi connectivity index (χ1n) is 5.31. The van der Waals surface area contributed by atoms with Crippen molar-refractivity contribution in [1.82, 2.24) is 20.0 Å². The number of nitrogens with zero attached hydrogens (tertiary/aromatic N) is 4. The van der Waals surface area contributed by atoms with Crippen LogP contribution in [-0.2, 0) is 6.18 Å². The molecule has 102 valence electrons. The molecule has 10 heteroatoms. The van der Waals surface area contributed by atoms with Gasteiger partial charge in [-0.05, 0) is 28.6 Å². The van der Waals surface area contributed by atoms with Crippen LogP contribution < -0.4 is 34.7 Å². The molecule has 0 atom stereocenters. The summed E-state index contributed by atoms with van der Waals surface area (Å²) in [6, 6.07) is 4.05.